The van der Waals surface area contributed by atoms with E-state index in [4.69, 9.17) is 4.78 Å². The number of hydrogen-bond acceptors (Lipinski definition) is 3. The number of rotatable bonds is 3. The van der Waals surface area contributed by atoms with E-state index in [1.807, 2.05) is 0 Å². The number of esters is 1. The summed E-state index contributed by atoms with van der Waals surface area (Å²) in [4.78, 5) is 10.3. The standard InChI is InChI=1S/C4H8NO2S/c1-7-4(6)2-3-8-5/h5H,2-3H2,1H3/q+1. The summed E-state index contributed by atoms with van der Waals surface area (Å²) in [7, 11) is 1.34. The van der Waals surface area contributed by atoms with Gasteiger partial charge in [-0.3, -0.25) is 4.79 Å². The normalized spacial score (nSPS) is 8.12. The highest BCUT2D eigenvalue weighted by molar-refractivity contribution is 7.66. The molecule has 4 heteroatoms. The third kappa shape index (κ3) is 3.67. The molecule has 8 heavy (non-hydrogen) atoms. The van der Waals surface area contributed by atoms with Crippen molar-refractivity contribution in [2.75, 3.05) is 12.9 Å². The minimum absolute atomic E-state index is 0.246. The molecule has 0 aromatic carbocycles. The Balaban J connectivity index is 3.11. The Bertz CT molecular complexity index is 94.0. The van der Waals surface area contributed by atoms with Gasteiger partial charge in [-0.1, -0.05) is 0 Å². The fraction of sp³-hybridized carbons (Fsp3) is 0.750. The summed E-state index contributed by atoms with van der Waals surface area (Å²) in [6.07, 6.45) is 0.338. The number of hydrogen-bond donors (Lipinski definition) is 1. The second kappa shape index (κ2) is 4.64. The molecule has 0 radical (unpaired) electrons. The minimum atomic E-state index is -0.246. The highest BCUT2D eigenvalue weighted by Gasteiger charge is 2.02. The molecular formula is C4H8NO2S+. The fourth-order valence-corrected chi connectivity index (χ4v) is 0.505. The van der Waals surface area contributed by atoms with E-state index in [1.54, 1.807) is 0 Å². The molecule has 0 heterocycles. The summed E-state index contributed by atoms with van der Waals surface area (Å²) in [6.45, 7) is 0. The molecule has 1 N–H and O–H groups in total. The summed E-state index contributed by atoms with van der Waals surface area (Å²) in [5, 5.41) is 0. The number of methoxy groups -OCH3 is 1. The van der Waals surface area contributed by atoms with Gasteiger partial charge in [-0.15, -0.1) is 0 Å². The maximum atomic E-state index is 10.3. The van der Waals surface area contributed by atoms with Crippen molar-refractivity contribution in [3.8, 4) is 0 Å². The molecule has 0 saturated heterocycles. The number of carbonyl (C=O) groups excluding carboxylic acids is 1. The van der Waals surface area contributed by atoms with Gasteiger partial charge in [0.15, 0.2) is 0 Å². The molecule has 0 aromatic heterocycles. The first-order chi connectivity index (χ1) is 3.81. The summed E-state index contributed by atoms with van der Waals surface area (Å²) in [5.41, 5.74) is 0. The lowest BCUT2D eigenvalue weighted by molar-refractivity contribution is -0.140. The monoisotopic (exact) mass is 134 g/mol. The average Bonchev–Trinajstić information content (AvgIpc) is 1.83. The Morgan fingerprint density at radius 1 is 1.88 bits per heavy atom. The molecule has 0 spiro atoms. The van der Waals surface area contributed by atoms with Gasteiger partial charge in [0.1, 0.15) is 6.42 Å². The van der Waals surface area contributed by atoms with E-state index >= 15 is 0 Å². The van der Waals surface area contributed by atoms with E-state index in [2.05, 4.69) is 4.74 Å². The van der Waals surface area contributed by atoms with Crippen molar-refractivity contribution >= 4 is 17.5 Å². The van der Waals surface area contributed by atoms with Crippen molar-refractivity contribution in [3.63, 3.8) is 0 Å². The van der Waals surface area contributed by atoms with Crippen LogP contribution in [0.4, 0.5) is 0 Å². The van der Waals surface area contributed by atoms with Gasteiger partial charge in [-0.05, 0) is 4.78 Å². The smallest absolute Gasteiger partial charge is 0.311 e. The molecule has 0 bridgehead atoms. The Morgan fingerprint density at radius 2 is 2.50 bits per heavy atom. The van der Waals surface area contributed by atoms with Crippen LogP contribution in [0.3, 0.4) is 0 Å². The molecule has 0 aliphatic rings. The molecule has 46 valence electrons. The fourth-order valence-electron chi connectivity index (χ4n) is 0.236. The van der Waals surface area contributed by atoms with Gasteiger partial charge in [0.2, 0.25) is 5.75 Å². The second-order valence-electron chi connectivity index (χ2n) is 1.17. The van der Waals surface area contributed by atoms with Gasteiger partial charge >= 0.3 is 17.5 Å². The van der Waals surface area contributed by atoms with Gasteiger partial charge < -0.3 is 4.74 Å². The molecule has 0 aliphatic carbocycles. The number of carbonyl (C=O) groups is 1. The number of ether oxygens (including phenoxy) is 1. The lowest BCUT2D eigenvalue weighted by Crippen LogP contribution is -2.01. The molecule has 0 aliphatic heterocycles. The Labute approximate surface area is 52.0 Å². The van der Waals surface area contributed by atoms with E-state index in [0.717, 1.165) is 11.6 Å². The Morgan fingerprint density at radius 3 is 2.88 bits per heavy atom. The second-order valence-corrected chi connectivity index (χ2v) is 1.87. The quantitative estimate of drug-likeness (QED) is 0.448. The van der Waals surface area contributed by atoms with E-state index in [0.29, 0.717) is 12.2 Å². The van der Waals surface area contributed by atoms with Gasteiger partial charge in [-0.2, -0.15) is 0 Å². The zero-order valence-electron chi connectivity index (χ0n) is 4.64. The lowest BCUT2D eigenvalue weighted by atomic mass is 10.5. The summed E-state index contributed by atoms with van der Waals surface area (Å²) in [5.74, 6) is 0.275. The van der Waals surface area contributed by atoms with Gasteiger partial charge in [-0.25, -0.2) is 0 Å². The SMILES string of the molecule is COC(=O)CC[S+]=N. The predicted octanol–water partition coefficient (Wildman–Crippen LogP) is 0.394. The van der Waals surface area contributed by atoms with E-state index in [1.165, 1.54) is 7.11 Å². The minimum Gasteiger partial charge on any atom is -0.469 e. The van der Waals surface area contributed by atoms with Crippen molar-refractivity contribution in [3.05, 3.63) is 0 Å². The largest absolute Gasteiger partial charge is 0.469 e. The third-order valence-corrected chi connectivity index (χ3v) is 1.04. The van der Waals surface area contributed by atoms with E-state index < -0.39 is 0 Å². The van der Waals surface area contributed by atoms with Crippen LogP contribution < -0.4 is 0 Å². The molecular weight excluding hydrogens is 126 g/mol. The first kappa shape index (κ1) is 7.49. The first-order valence-corrected chi connectivity index (χ1v) is 3.15. The van der Waals surface area contributed by atoms with Crippen LogP contribution in [0, 0.1) is 4.78 Å². The third-order valence-electron chi connectivity index (χ3n) is 0.636. The number of nitrogens with one attached hydrogen (secondary N) is 1. The summed E-state index contributed by atoms with van der Waals surface area (Å²) in [6, 6.07) is 0. The van der Waals surface area contributed by atoms with Crippen LogP contribution in [0.15, 0.2) is 0 Å². The van der Waals surface area contributed by atoms with Crippen LogP contribution in [-0.4, -0.2) is 18.8 Å². The van der Waals surface area contributed by atoms with E-state index in [9.17, 15) is 4.79 Å². The van der Waals surface area contributed by atoms with Crippen LogP contribution in [0.25, 0.3) is 0 Å². The maximum absolute atomic E-state index is 10.3. The zero-order chi connectivity index (χ0) is 6.41. The average molecular weight is 134 g/mol. The van der Waals surface area contributed by atoms with Crippen molar-refractivity contribution in [1.82, 2.24) is 0 Å². The summed E-state index contributed by atoms with van der Waals surface area (Å²) < 4.78 is 10.9. The molecule has 0 atom stereocenters. The molecule has 0 aromatic rings. The van der Waals surface area contributed by atoms with Crippen LogP contribution in [-0.2, 0) is 21.1 Å². The molecule has 0 amide bonds. The van der Waals surface area contributed by atoms with Gasteiger partial charge in [0.25, 0.3) is 0 Å². The van der Waals surface area contributed by atoms with E-state index in [-0.39, 0.29) is 5.97 Å². The van der Waals surface area contributed by atoms with Gasteiger partial charge in [0.05, 0.1) is 7.11 Å². The first-order valence-electron chi connectivity index (χ1n) is 2.16. The van der Waals surface area contributed by atoms with Crippen molar-refractivity contribution in [2.24, 2.45) is 0 Å². The Hall–Kier alpha value is -0.510. The topological polar surface area (TPSA) is 50.2 Å². The molecule has 3 nitrogen and oxygen atoms in total. The highest BCUT2D eigenvalue weighted by Crippen LogP contribution is 1.81. The van der Waals surface area contributed by atoms with Crippen molar-refractivity contribution in [2.45, 2.75) is 6.42 Å². The highest BCUT2D eigenvalue weighted by atomic mass is 32.1. The molecule has 0 saturated carbocycles. The molecule has 0 fully saturated rings. The Kier molecular flexibility index (Phi) is 4.35. The van der Waals surface area contributed by atoms with Crippen LogP contribution in [0.5, 0.6) is 0 Å². The molecule has 0 rings (SSSR count). The summed E-state index contributed by atoms with van der Waals surface area (Å²) >= 11 is 0.894. The van der Waals surface area contributed by atoms with Crippen LogP contribution >= 0.6 is 0 Å². The predicted molar refractivity (Wildman–Crippen MR) is 31.6 cm³/mol. The van der Waals surface area contributed by atoms with Crippen molar-refractivity contribution < 1.29 is 9.53 Å². The van der Waals surface area contributed by atoms with Crippen LogP contribution in [0.1, 0.15) is 6.42 Å². The zero-order valence-corrected chi connectivity index (χ0v) is 5.46. The lowest BCUT2D eigenvalue weighted by Gasteiger charge is -1.87. The van der Waals surface area contributed by atoms with Crippen LogP contribution in [0.2, 0.25) is 0 Å². The van der Waals surface area contributed by atoms with Crippen molar-refractivity contribution in [1.29, 1.82) is 4.78 Å². The molecule has 0 unspecified atom stereocenters. The maximum Gasteiger partial charge on any atom is 0.311 e. The van der Waals surface area contributed by atoms with Gasteiger partial charge in [0, 0.05) is 0 Å².